The molecule has 6 rings (SSSR count). The first-order chi connectivity index (χ1) is 28.1. The molecule has 0 saturated heterocycles. The van der Waals surface area contributed by atoms with E-state index in [0.29, 0.717) is 5.69 Å². The molecule has 0 bridgehead atoms. The molecule has 6 aromatic rings. The number of hydrogen-bond acceptors (Lipinski definition) is 7. The third-order valence-corrected chi connectivity index (χ3v) is 9.40. The number of pyridine rings is 4. The fraction of sp³-hybridized carbons (Fsp3) is 0.217. The molecule has 0 aliphatic rings. The molecule has 0 radical (unpaired) electrons. The minimum absolute atomic E-state index is 0. The van der Waals surface area contributed by atoms with Crippen LogP contribution in [0.5, 0.6) is 0 Å². The molecule has 0 spiro atoms. The number of aryl methyl sites for hydroxylation is 1. The minimum atomic E-state index is -4.50. The quantitative estimate of drug-likeness (QED) is 0.0492. The van der Waals surface area contributed by atoms with Crippen molar-refractivity contribution in [1.29, 1.82) is 0 Å². The molecule has 0 fully saturated rings. The molecule has 0 saturated carbocycles. The first-order valence-electron chi connectivity index (χ1n) is 18.8. The van der Waals surface area contributed by atoms with E-state index >= 15 is 0 Å². The van der Waals surface area contributed by atoms with Gasteiger partial charge >= 0.3 is 25.7 Å². The second-order valence-corrected chi connectivity index (χ2v) is 14.1. The van der Waals surface area contributed by atoms with Crippen LogP contribution in [0.1, 0.15) is 91.1 Å². The summed E-state index contributed by atoms with van der Waals surface area (Å²) in [5.74, 6) is 0. The summed E-state index contributed by atoms with van der Waals surface area (Å²) in [7, 11) is 0. The van der Waals surface area contributed by atoms with Gasteiger partial charge in [-0.3, -0.25) is 15.0 Å². The predicted molar refractivity (Wildman–Crippen MR) is 238 cm³/mol. The predicted octanol–water partition coefficient (Wildman–Crippen LogP) is 13.4. The van der Waals surface area contributed by atoms with E-state index in [1.165, 1.54) is 35.7 Å². The number of isothiocyanates is 1. The molecule has 0 atom stereocenters. The van der Waals surface area contributed by atoms with E-state index in [9.17, 15) is 13.2 Å². The van der Waals surface area contributed by atoms with Gasteiger partial charge in [-0.15, -0.1) is 11.3 Å². The zero-order valence-corrected chi connectivity index (χ0v) is 36.5. The maximum absolute atomic E-state index is 12.7. The van der Waals surface area contributed by atoms with Crippen LogP contribution in [0.4, 0.5) is 13.2 Å². The maximum Gasteiger partial charge on any atom is 2.00 e. The number of hydrogen-bond donors (Lipinski definition) is 0. The Kier molecular flexibility index (Phi) is 20.5. The molecule has 6 heterocycles. The van der Waals surface area contributed by atoms with Gasteiger partial charge in [0.25, 0.3) is 0 Å². The van der Waals surface area contributed by atoms with Crippen molar-refractivity contribution < 1.29 is 32.6 Å². The van der Waals surface area contributed by atoms with Crippen molar-refractivity contribution >= 4 is 59.1 Å². The van der Waals surface area contributed by atoms with Crippen LogP contribution in [0.3, 0.4) is 0 Å². The summed E-state index contributed by atoms with van der Waals surface area (Å²) in [6, 6.07) is 20.9. The fourth-order valence-corrected chi connectivity index (χ4v) is 6.60. The summed E-state index contributed by atoms with van der Waals surface area (Å²) in [6.07, 6.45) is 23.0. The first-order valence-corrected chi connectivity index (χ1v) is 20.0. The molecule has 0 unspecified atom stereocenters. The van der Waals surface area contributed by atoms with Crippen molar-refractivity contribution in [3.05, 3.63) is 147 Å². The molecule has 0 amide bonds. The molecule has 0 N–H and O–H groups in total. The molecule has 59 heavy (non-hydrogen) atoms. The van der Waals surface area contributed by atoms with Gasteiger partial charge in [0.2, 0.25) is 0 Å². The van der Waals surface area contributed by atoms with Gasteiger partial charge in [0.1, 0.15) is 5.69 Å². The zero-order chi connectivity index (χ0) is 41.8. The maximum atomic E-state index is 12.7. The Balaban J connectivity index is 0.000000291. The van der Waals surface area contributed by atoms with Crippen LogP contribution in [0.15, 0.2) is 104 Å². The summed E-state index contributed by atoms with van der Waals surface area (Å²) < 4.78 is 38.1. The van der Waals surface area contributed by atoms with E-state index in [0.717, 1.165) is 62.4 Å². The van der Waals surface area contributed by atoms with E-state index in [4.69, 9.17) is 10.4 Å². The summed E-state index contributed by atoms with van der Waals surface area (Å²) in [4.78, 5) is 20.5. The fourth-order valence-electron chi connectivity index (χ4n) is 5.64. The average Bonchev–Trinajstić information content (AvgIpc) is 3.91. The Morgan fingerprint density at radius 2 is 1.19 bits per heavy atom. The standard InChI is InChI=1S/C24H23N3.C21H21F3N3S.CNS.Ru/c1-4-7-18-10-12-25-21(14-18)23-16-20(9-6-3)17-24(27-23)22-15-19(8-5-2)11-13-26-22;1-2-3-4-5-6-16-9-10-17(28-16)8-7-15-11-12-25-18(13-15)19-14-20(27-26-19)21(22,23)24;2-1-3;/h4-17H,1-3H3;7-14H,2-6H2,1H3;;/q;2*-1;+2/b7-4+,8-5+,9-6+;8-7+;;. The van der Waals surface area contributed by atoms with E-state index in [1.54, 1.807) is 29.7 Å². The van der Waals surface area contributed by atoms with Crippen LogP contribution in [0.2, 0.25) is 0 Å². The smallest absolute Gasteiger partial charge is 0.753 e. The van der Waals surface area contributed by atoms with Crippen LogP contribution in [-0.2, 0) is 32.1 Å². The number of thiophene rings is 1. The van der Waals surface area contributed by atoms with Crippen molar-refractivity contribution in [2.45, 2.75) is 66.0 Å². The number of allylic oxidation sites excluding steroid dienone is 3. The number of aromatic nitrogens is 6. The first kappa shape index (κ1) is 48.1. The molecule has 0 aliphatic carbocycles. The van der Waals surface area contributed by atoms with E-state index < -0.39 is 11.9 Å². The summed E-state index contributed by atoms with van der Waals surface area (Å²) in [5.41, 5.74) is 7.00. The van der Waals surface area contributed by atoms with Crippen LogP contribution in [0.25, 0.3) is 70.0 Å². The van der Waals surface area contributed by atoms with Gasteiger partial charge in [0, 0.05) is 34.0 Å². The Morgan fingerprint density at radius 3 is 1.71 bits per heavy atom. The van der Waals surface area contributed by atoms with Crippen LogP contribution in [-0.4, -0.2) is 30.2 Å². The van der Waals surface area contributed by atoms with Gasteiger partial charge < -0.3 is 15.6 Å². The zero-order valence-electron chi connectivity index (χ0n) is 33.2. The number of unbranched alkanes of at least 4 members (excludes halogenated alkanes) is 3. The second-order valence-electron chi connectivity index (χ2n) is 12.7. The third kappa shape index (κ3) is 15.8. The molecule has 13 heteroatoms. The van der Waals surface area contributed by atoms with Gasteiger partial charge in [0.15, 0.2) is 0 Å². The molecular formula is C46H44F3N7RuS2. The minimum Gasteiger partial charge on any atom is -0.753 e. The number of halogens is 3. The monoisotopic (exact) mass is 917 g/mol. The van der Waals surface area contributed by atoms with Crippen molar-refractivity contribution in [1.82, 2.24) is 30.1 Å². The number of alkyl halides is 3. The molecule has 0 aromatic carbocycles. The number of nitrogens with zero attached hydrogens (tertiary/aromatic N) is 7. The van der Waals surface area contributed by atoms with E-state index in [2.05, 4.69) is 98.9 Å². The Hall–Kier alpha value is -5.32. The van der Waals surface area contributed by atoms with Crippen molar-refractivity contribution in [3.63, 3.8) is 0 Å². The van der Waals surface area contributed by atoms with Gasteiger partial charge in [0.05, 0.1) is 22.8 Å². The summed E-state index contributed by atoms with van der Waals surface area (Å²) in [6.45, 7) is 8.23. The molecule has 304 valence electrons. The molecular weight excluding hydrogens is 873 g/mol. The average molecular weight is 917 g/mol. The van der Waals surface area contributed by atoms with Gasteiger partial charge in [-0.2, -0.15) is 18.3 Å². The van der Waals surface area contributed by atoms with Crippen molar-refractivity contribution in [3.8, 4) is 34.2 Å². The van der Waals surface area contributed by atoms with Gasteiger partial charge in [-0.25, -0.2) is 4.98 Å². The topological polar surface area (TPSA) is 101 Å². The molecule has 6 aromatic heterocycles. The summed E-state index contributed by atoms with van der Waals surface area (Å²) >= 11 is 5.47. The van der Waals surface area contributed by atoms with Crippen molar-refractivity contribution in [2.24, 2.45) is 0 Å². The van der Waals surface area contributed by atoms with E-state index in [-0.39, 0.29) is 25.2 Å². The van der Waals surface area contributed by atoms with Crippen LogP contribution >= 0.6 is 23.6 Å². The Bertz CT molecular complexity index is 2300. The molecule has 7 nitrogen and oxygen atoms in total. The number of thiocarbonyl (C=S) groups is 1. The normalized spacial score (nSPS) is 11.3. The largest absolute Gasteiger partial charge is 2.00 e. The van der Waals surface area contributed by atoms with Crippen molar-refractivity contribution in [2.75, 3.05) is 0 Å². The Morgan fingerprint density at radius 1 is 0.678 bits per heavy atom. The van der Waals surface area contributed by atoms with Crippen LogP contribution in [0, 0.1) is 0 Å². The van der Waals surface area contributed by atoms with E-state index in [1.807, 2.05) is 75.7 Å². The van der Waals surface area contributed by atoms with Crippen LogP contribution < -0.4 is 5.10 Å². The third-order valence-electron chi connectivity index (χ3n) is 8.29. The van der Waals surface area contributed by atoms with Gasteiger partial charge in [-0.05, 0) is 129 Å². The SMILES string of the molecule is C/C=C/c1ccnc(-c2cc(/C=C/C)cc(-c3cc(/C=C/C)ccn3)n2)c1.CCCCCCc1ccc(/C=C/c2ccnc(-c3cc(C(F)(F)F)n[n-]3)c2)s1.[N-]=C=S.[Ru+2]. The summed E-state index contributed by atoms with van der Waals surface area (Å²) in [5, 5.41) is 15.3. The van der Waals surface area contributed by atoms with Gasteiger partial charge in [-0.1, -0.05) is 86.6 Å². The second kappa shape index (κ2) is 25.2. The molecule has 0 aliphatic heterocycles. The Labute approximate surface area is 366 Å². The number of rotatable bonds is 13.